The first-order valence-corrected chi connectivity index (χ1v) is 6.13. The molecule has 0 fully saturated rings. The Bertz CT molecular complexity index is 432. The lowest BCUT2D eigenvalue weighted by Gasteiger charge is -2.12. The number of hydrogen-bond donors (Lipinski definition) is 1. The summed E-state index contributed by atoms with van der Waals surface area (Å²) in [5.41, 5.74) is 5.21. The summed E-state index contributed by atoms with van der Waals surface area (Å²) in [5, 5.41) is 7.73. The quantitative estimate of drug-likeness (QED) is 0.814. The molecule has 0 saturated heterocycles. The van der Waals surface area contributed by atoms with Gasteiger partial charge in [-0.3, -0.25) is 0 Å². The molecule has 2 rings (SSSR count). The maximum Gasteiger partial charge on any atom is 0.0422 e. The van der Waals surface area contributed by atoms with Gasteiger partial charge in [-0.25, -0.2) is 0 Å². The minimum Gasteiger partial charge on any atom is -0.385 e. The third-order valence-corrected chi connectivity index (χ3v) is 3.13. The summed E-state index contributed by atoms with van der Waals surface area (Å²) in [5.74, 6) is 0. The van der Waals surface area contributed by atoms with Gasteiger partial charge in [0.25, 0.3) is 0 Å². The van der Waals surface area contributed by atoms with Gasteiger partial charge in [0.2, 0.25) is 0 Å². The van der Waals surface area contributed by atoms with Crippen LogP contribution in [0.2, 0.25) is 0 Å². The predicted octanol–water partition coefficient (Wildman–Crippen LogP) is 4.16. The van der Waals surface area contributed by atoms with Crippen LogP contribution in [0.5, 0.6) is 0 Å². The molecule has 0 spiro atoms. The topological polar surface area (TPSA) is 12.0 Å². The molecule has 1 N–H and O–H groups in total. The first-order valence-electron chi connectivity index (χ1n) is 5.19. The molecular formula is C13H15NS. The molecular weight excluding hydrogens is 202 g/mol. The lowest BCUT2D eigenvalue weighted by Crippen LogP contribution is -1.99. The van der Waals surface area contributed by atoms with Crippen molar-refractivity contribution in [2.24, 2.45) is 0 Å². The van der Waals surface area contributed by atoms with E-state index in [2.05, 4.69) is 54.2 Å². The van der Waals surface area contributed by atoms with Crippen molar-refractivity contribution in [3.63, 3.8) is 0 Å². The highest BCUT2D eigenvalue weighted by Gasteiger charge is 2.07. The lowest BCUT2D eigenvalue weighted by molar-refractivity contribution is 1.21. The van der Waals surface area contributed by atoms with E-state index in [9.17, 15) is 0 Å². The molecule has 1 heterocycles. The van der Waals surface area contributed by atoms with Crippen LogP contribution in [0.4, 0.5) is 5.69 Å². The zero-order valence-electron chi connectivity index (χ0n) is 9.08. The molecule has 0 unspecified atom stereocenters. The Labute approximate surface area is 94.8 Å². The molecule has 0 radical (unpaired) electrons. The fraction of sp³-hybridized carbons (Fsp3) is 0.231. The summed E-state index contributed by atoms with van der Waals surface area (Å²) in [6, 6.07) is 8.58. The molecule has 1 aromatic heterocycles. The molecule has 0 amide bonds. The summed E-state index contributed by atoms with van der Waals surface area (Å²) in [6.07, 6.45) is 0. The summed E-state index contributed by atoms with van der Waals surface area (Å²) in [7, 11) is 0. The molecule has 0 saturated carbocycles. The Kier molecular flexibility index (Phi) is 3.07. The number of aryl methyl sites for hydroxylation is 1. The smallest absolute Gasteiger partial charge is 0.0422 e. The van der Waals surface area contributed by atoms with E-state index in [-0.39, 0.29) is 0 Å². The molecule has 0 aliphatic carbocycles. The molecule has 0 aliphatic rings. The maximum atomic E-state index is 3.41. The van der Waals surface area contributed by atoms with Crippen LogP contribution in [0, 0.1) is 6.92 Å². The Morgan fingerprint density at radius 2 is 2.13 bits per heavy atom. The second kappa shape index (κ2) is 4.49. The number of hydrogen-bond acceptors (Lipinski definition) is 2. The molecule has 1 aromatic carbocycles. The van der Waals surface area contributed by atoms with E-state index in [0.717, 1.165) is 6.54 Å². The highest BCUT2D eigenvalue weighted by atomic mass is 32.1. The number of thiophene rings is 1. The molecule has 0 bridgehead atoms. The highest BCUT2D eigenvalue weighted by molar-refractivity contribution is 7.08. The predicted molar refractivity (Wildman–Crippen MR) is 68.7 cm³/mol. The average molecular weight is 217 g/mol. The highest BCUT2D eigenvalue weighted by Crippen LogP contribution is 2.32. The molecule has 1 nitrogen and oxygen atoms in total. The molecule has 2 aromatic rings. The van der Waals surface area contributed by atoms with E-state index in [1.165, 1.54) is 22.4 Å². The summed E-state index contributed by atoms with van der Waals surface area (Å²) < 4.78 is 0. The Morgan fingerprint density at radius 3 is 2.80 bits per heavy atom. The van der Waals surface area contributed by atoms with Crippen molar-refractivity contribution in [3.05, 3.63) is 40.6 Å². The second-order valence-corrected chi connectivity index (χ2v) is 4.32. The largest absolute Gasteiger partial charge is 0.385 e. The Hall–Kier alpha value is -1.28. The summed E-state index contributed by atoms with van der Waals surface area (Å²) in [6.45, 7) is 5.24. The van der Waals surface area contributed by atoms with Gasteiger partial charge in [-0.2, -0.15) is 11.3 Å². The van der Waals surface area contributed by atoms with Crippen LogP contribution in [0.25, 0.3) is 11.1 Å². The van der Waals surface area contributed by atoms with E-state index >= 15 is 0 Å². The monoisotopic (exact) mass is 217 g/mol. The van der Waals surface area contributed by atoms with Crippen LogP contribution >= 0.6 is 11.3 Å². The fourth-order valence-electron chi connectivity index (χ4n) is 1.80. The molecule has 2 heteroatoms. The van der Waals surface area contributed by atoms with Gasteiger partial charge in [0, 0.05) is 17.8 Å². The molecule has 78 valence electrons. The van der Waals surface area contributed by atoms with Crippen molar-refractivity contribution >= 4 is 17.0 Å². The Balaban J connectivity index is 2.52. The van der Waals surface area contributed by atoms with Gasteiger partial charge in [0.1, 0.15) is 0 Å². The van der Waals surface area contributed by atoms with Crippen LogP contribution in [0.1, 0.15) is 12.5 Å². The van der Waals surface area contributed by atoms with Crippen molar-refractivity contribution in [2.75, 3.05) is 11.9 Å². The van der Waals surface area contributed by atoms with Gasteiger partial charge >= 0.3 is 0 Å². The molecule has 0 aliphatic heterocycles. The van der Waals surface area contributed by atoms with E-state index in [1.807, 2.05) is 0 Å². The van der Waals surface area contributed by atoms with Crippen molar-refractivity contribution in [2.45, 2.75) is 13.8 Å². The third kappa shape index (κ3) is 2.05. The normalized spacial score (nSPS) is 10.3. The zero-order chi connectivity index (χ0) is 10.7. The SMILES string of the molecule is CCNc1cccc(C)c1-c1ccsc1. The van der Waals surface area contributed by atoms with Crippen LogP contribution in [-0.4, -0.2) is 6.54 Å². The van der Waals surface area contributed by atoms with Gasteiger partial charge in [-0.1, -0.05) is 12.1 Å². The van der Waals surface area contributed by atoms with Crippen molar-refractivity contribution < 1.29 is 0 Å². The number of rotatable bonds is 3. The van der Waals surface area contributed by atoms with Gasteiger partial charge < -0.3 is 5.32 Å². The minimum absolute atomic E-state index is 0.959. The average Bonchev–Trinajstić information content (AvgIpc) is 2.71. The third-order valence-electron chi connectivity index (χ3n) is 2.45. The van der Waals surface area contributed by atoms with Crippen molar-refractivity contribution in [1.82, 2.24) is 0 Å². The van der Waals surface area contributed by atoms with E-state index in [0.29, 0.717) is 0 Å². The van der Waals surface area contributed by atoms with Crippen molar-refractivity contribution in [3.8, 4) is 11.1 Å². The van der Waals surface area contributed by atoms with Crippen LogP contribution < -0.4 is 5.32 Å². The summed E-state index contributed by atoms with van der Waals surface area (Å²) >= 11 is 1.74. The minimum atomic E-state index is 0.959. The van der Waals surface area contributed by atoms with Gasteiger partial charge in [-0.05, 0) is 47.9 Å². The van der Waals surface area contributed by atoms with Crippen LogP contribution in [0.15, 0.2) is 35.0 Å². The zero-order valence-corrected chi connectivity index (χ0v) is 9.90. The first kappa shape index (κ1) is 10.2. The number of anilines is 1. The van der Waals surface area contributed by atoms with E-state index in [4.69, 9.17) is 0 Å². The number of nitrogens with one attached hydrogen (secondary N) is 1. The van der Waals surface area contributed by atoms with E-state index in [1.54, 1.807) is 11.3 Å². The lowest BCUT2D eigenvalue weighted by atomic mass is 10.0. The second-order valence-electron chi connectivity index (χ2n) is 3.54. The van der Waals surface area contributed by atoms with Crippen LogP contribution in [0.3, 0.4) is 0 Å². The standard InChI is InChI=1S/C13H15NS/c1-3-14-12-6-4-5-10(2)13(12)11-7-8-15-9-11/h4-9,14H,3H2,1-2H3. The van der Waals surface area contributed by atoms with E-state index < -0.39 is 0 Å². The van der Waals surface area contributed by atoms with Gasteiger partial charge in [0.05, 0.1) is 0 Å². The molecule has 0 atom stereocenters. The van der Waals surface area contributed by atoms with Crippen LogP contribution in [-0.2, 0) is 0 Å². The van der Waals surface area contributed by atoms with Gasteiger partial charge in [0.15, 0.2) is 0 Å². The fourth-order valence-corrected chi connectivity index (χ4v) is 2.44. The number of benzene rings is 1. The van der Waals surface area contributed by atoms with Crippen molar-refractivity contribution in [1.29, 1.82) is 0 Å². The van der Waals surface area contributed by atoms with Gasteiger partial charge in [-0.15, -0.1) is 0 Å². The first-order chi connectivity index (χ1) is 7.33. The molecule has 15 heavy (non-hydrogen) atoms. The maximum absolute atomic E-state index is 3.41. The summed E-state index contributed by atoms with van der Waals surface area (Å²) in [4.78, 5) is 0. The Morgan fingerprint density at radius 1 is 1.27 bits per heavy atom.